The van der Waals surface area contributed by atoms with Crippen LogP contribution in [0.25, 0.3) is 6.08 Å². The van der Waals surface area contributed by atoms with Crippen molar-refractivity contribution in [3.63, 3.8) is 0 Å². The lowest BCUT2D eigenvalue weighted by Gasteiger charge is -2.17. The zero-order chi connectivity index (χ0) is 13.9. The van der Waals surface area contributed by atoms with E-state index in [-0.39, 0.29) is 11.8 Å². The number of halogens is 1. The van der Waals surface area contributed by atoms with Crippen LogP contribution in [0.5, 0.6) is 0 Å². The molecule has 3 atom stereocenters. The molecule has 0 amide bonds. The maximum Gasteiger partial charge on any atom is 0.330 e. The number of hydrogen-bond acceptors (Lipinski definition) is 2. The Kier molecular flexibility index (Phi) is 3.68. The van der Waals surface area contributed by atoms with Crippen molar-refractivity contribution in [1.82, 2.24) is 0 Å². The summed E-state index contributed by atoms with van der Waals surface area (Å²) in [6.45, 7) is 0.498. The first-order valence-electron chi connectivity index (χ1n) is 6.99. The van der Waals surface area contributed by atoms with Crippen molar-refractivity contribution in [2.45, 2.75) is 12.8 Å². The van der Waals surface area contributed by atoms with Crippen LogP contribution in [0.3, 0.4) is 0 Å². The third kappa shape index (κ3) is 2.98. The first kappa shape index (κ1) is 13.1. The second-order valence-corrected chi connectivity index (χ2v) is 5.56. The molecule has 2 bridgehead atoms. The van der Waals surface area contributed by atoms with Crippen molar-refractivity contribution < 1.29 is 13.9 Å². The van der Waals surface area contributed by atoms with Gasteiger partial charge in [-0.2, -0.15) is 0 Å². The van der Waals surface area contributed by atoms with Crippen molar-refractivity contribution in [3.8, 4) is 0 Å². The fourth-order valence-electron chi connectivity index (χ4n) is 3.06. The highest BCUT2D eigenvalue weighted by atomic mass is 19.1. The van der Waals surface area contributed by atoms with E-state index >= 15 is 0 Å². The molecule has 2 aliphatic rings. The van der Waals surface area contributed by atoms with Crippen LogP contribution >= 0.6 is 0 Å². The zero-order valence-electron chi connectivity index (χ0n) is 11.2. The molecule has 1 aromatic carbocycles. The number of rotatable bonds is 4. The van der Waals surface area contributed by atoms with Gasteiger partial charge in [0.2, 0.25) is 0 Å². The summed E-state index contributed by atoms with van der Waals surface area (Å²) in [5, 5.41) is 0. The van der Waals surface area contributed by atoms with Crippen LogP contribution in [0.1, 0.15) is 18.4 Å². The summed E-state index contributed by atoms with van der Waals surface area (Å²) in [5.74, 6) is 1.15. The molecule has 0 aromatic heterocycles. The van der Waals surface area contributed by atoms with Crippen molar-refractivity contribution in [1.29, 1.82) is 0 Å². The van der Waals surface area contributed by atoms with Crippen LogP contribution in [0.4, 0.5) is 4.39 Å². The van der Waals surface area contributed by atoms with E-state index in [0.717, 1.165) is 12.0 Å². The van der Waals surface area contributed by atoms with Crippen LogP contribution in [0.15, 0.2) is 42.5 Å². The monoisotopic (exact) mass is 272 g/mol. The molecule has 1 fully saturated rings. The molecule has 104 valence electrons. The molecule has 0 saturated heterocycles. The number of carbonyl (C=O) groups is 1. The Morgan fingerprint density at radius 2 is 2.05 bits per heavy atom. The van der Waals surface area contributed by atoms with Gasteiger partial charge >= 0.3 is 5.97 Å². The minimum Gasteiger partial charge on any atom is -0.462 e. The highest BCUT2D eigenvalue weighted by molar-refractivity contribution is 5.87. The van der Waals surface area contributed by atoms with Gasteiger partial charge in [0, 0.05) is 6.08 Å². The average molecular weight is 272 g/mol. The lowest BCUT2D eigenvalue weighted by molar-refractivity contribution is -0.139. The summed E-state index contributed by atoms with van der Waals surface area (Å²) < 4.78 is 18.0. The summed E-state index contributed by atoms with van der Waals surface area (Å²) in [5.41, 5.74) is 0.784. The number of allylic oxidation sites excluding steroid dienone is 2. The number of ether oxygens (including phenoxy) is 1. The van der Waals surface area contributed by atoms with Gasteiger partial charge in [0.1, 0.15) is 5.82 Å². The maximum atomic E-state index is 12.7. The van der Waals surface area contributed by atoms with Crippen molar-refractivity contribution in [2.75, 3.05) is 6.61 Å². The Hall–Kier alpha value is -1.90. The van der Waals surface area contributed by atoms with Gasteiger partial charge in [-0.15, -0.1) is 0 Å². The second-order valence-electron chi connectivity index (χ2n) is 5.56. The van der Waals surface area contributed by atoms with E-state index in [1.165, 1.54) is 24.6 Å². The SMILES string of the molecule is O=C(C=Cc1ccc(F)cc1)OCC1CC2C=CC1C2. The topological polar surface area (TPSA) is 26.3 Å². The van der Waals surface area contributed by atoms with E-state index in [1.807, 2.05) is 0 Å². The summed E-state index contributed by atoms with van der Waals surface area (Å²) in [6, 6.07) is 5.99. The fraction of sp³-hybridized carbons (Fsp3) is 0.353. The predicted molar refractivity (Wildman–Crippen MR) is 75.2 cm³/mol. The van der Waals surface area contributed by atoms with Crippen LogP contribution in [0, 0.1) is 23.6 Å². The van der Waals surface area contributed by atoms with Crippen LogP contribution in [-0.4, -0.2) is 12.6 Å². The van der Waals surface area contributed by atoms with Crippen LogP contribution < -0.4 is 0 Å². The molecule has 3 unspecified atom stereocenters. The molecule has 1 aromatic rings. The Bertz CT molecular complexity index is 545. The smallest absolute Gasteiger partial charge is 0.330 e. The van der Waals surface area contributed by atoms with Gasteiger partial charge in [0.05, 0.1) is 6.61 Å². The molecule has 0 radical (unpaired) electrons. The van der Waals surface area contributed by atoms with E-state index in [0.29, 0.717) is 24.4 Å². The summed E-state index contributed by atoms with van der Waals surface area (Å²) in [6.07, 6.45) is 9.92. The van der Waals surface area contributed by atoms with Gasteiger partial charge in [-0.25, -0.2) is 9.18 Å². The van der Waals surface area contributed by atoms with Gasteiger partial charge in [0.15, 0.2) is 0 Å². The predicted octanol–water partition coefficient (Wildman–Crippen LogP) is 3.59. The summed E-state index contributed by atoms with van der Waals surface area (Å²) >= 11 is 0. The number of fused-ring (bicyclic) bond motifs is 2. The number of hydrogen-bond donors (Lipinski definition) is 0. The largest absolute Gasteiger partial charge is 0.462 e. The highest BCUT2D eigenvalue weighted by Gasteiger charge is 2.35. The van der Waals surface area contributed by atoms with Gasteiger partial charge < -0.3 is 4.74 Å². The molecular formula is C17H17FO2. The number of esters is 1. The van der Waals surface area contributed by atoms with E-state index in [4.69, 9.17) is 4.74 Å². The lowest BCUT2D eigenvalue weighted by Crippen LogP contribution is -2.16. The minimum absolute atomic E-state index is 0.283. The van der Waals surface area contributed by atoms with Crippen molar-refractivity contribution >= 4 is 12.0 Å². The Morgan fingerprint density at radius 1 is 1.25 bits per heavy atom. The second kappa shape index (κ2) is 5.61. The molecular weight excluding hydrogens is 255 g/mol. The molecule has 2 nitrogen and oxygen atoms in total. The third-order valence-corrected chi connectivity index (χ3v) is 4.14. The molecule has 3 heteroatoms. The standard InChI is InChI=1S/C17H17FO2/c18-16-6-2-12(3-7-16)4-8-17(19)20-11-15-10-13-1-5-14(15)9-13/h1-8,13-15H,9-11H2. The highest BCUT2D eigenvalue weighted by Crippen LogP contribution is 2.43. The Balaban J connectivity index is 1.47. The average Bonchev–Trinajstić information content (AvgIpc) is 3.07. The maximum absolute atomic E-state index is 12.7. The zero-order valence-corrected chi connectivity index (χ0v) is 11.2. The Morgan fingerprint density at radius 3 is 2.70 bits per heavy atom. The molecule has 3 rings (SSSR count). The first-order chi connectivity index (χ1) is 9.70. The molecule has 0 spiro atoms. The normalized spacial score (nSPS) is 27.4. The number of benzene rings is 1. The van der Waals surface area contributed by atoms with Crippen LogP contribution in [0.2, 0.25) is 0 Å². The fourth-order valence-corrected chi connectivity index (χ4v) is 3.06. The number of carbonyl (C=O) groups excluding carboxylic acids is 1. The van der Waals surface area contributed by atoms with Gasteiger partial charge in [-0.1, -0.05) is 24.3 Å². The lowest BCUT2D eigenvalue weighted by atomic mass is 9.95. The van der Waals surface area contributed by atoms with Crippen LogP contribution in [-0.2, 0) is 9.53 Å². The molecule has 0 aliphatic heterocycles. The summed E-state index contributed by atoms with van der Waals surface area (Å²) in [4.78, 5) is 11.6. The molecule has 1 saturated carbocycles. The van der Waals surface area contributed by atoms with Gasteiger partial charge in [-0.3, -0.25) is 0 Å². The van der Waals surface area contributed by atoms with Crippen molar-refractivity contribution in [2.24, 2.45) is 17.8 Å². The van der Waals surface area contributed by atoms with Crippen molar-refractivity contribution in [3.05, 3.63) is 53.9 Å². The van der Waals surface area contributed by atoms with Gasteiger partial charge in [0.25, 0.3) is 0 Å². The first-order valence-corrected chi connectivity index (χ1v) is 6.99. The third-order valence-electron chi connectivity index (χ3n) is 4.14. The molecule has 20 heavy (non-hydrogen) atoms. The van der Waals surface area contributed by atoms with E-state index in [2.05, 4.69) is 12.2 Å². The quantitative estimate of drug-likeness (QED) is 0.475. The van der Waals surface area contributed by atoms with E-state index in [1.54, 1.807) is 18.2 Å². The van der Waals surface area contributed by atoms with Gasteiger partial charge in [-0.05, 0) is 54.4 Å². The molecule has 0 N–H and O–H groups in total. The summed E-state index contributed by atoms with van der Waals surface area (Å²) in [7, 11) is 0. The minimum atomic E-state index is -0.332. The molecule has 0 heterocycles. The van der Waals surface area contributed by atoms with E-state index < -0.39 is 0 Å². The Labute approximate surface area is 117 Å². The molecule has 2 aliphatic carbocycles. The van der Waals surface area contributed by atoms with E-state index in [9.17, 15) is 9.18 Å².